The van der Waals surface area contributed by atoms with Crippen molar-refractivity contribution in [3.05, 3.63) is 35.3 Å². The SMILES string of the molecule is COc1ccc2nc(NC(=O)C(CC3CCCC3)C3C=CC(S(=O)(=O)NCC[C@H](NC(=O)OC(C)(C)C)C(=O)OC(C)(C)C)=CC3)sc2n1. The number of amides is 2. The fourth-order valence-electron chi connectivity index (χ4n) is 5.85. The number of ether oxygens (including phenoxy) is 3. The zero-order valence-corrected chi connectivity index (χ0v) is 31.0. The maximum atomic E-state index is 13.7. The number of carbonyl (C=O) groups excluding carboxylic acids is 3. The first-order valence-electron chi connectivity index (χ1n) is 16.7. The Bertz CT molecular complexity index is 1670. The molecule has 1 fully saturated rings. The minimum Gasteiger partial charge on any atom is -0.481 e. The average molecular weight is 720 g/mol. The van der Waals surface area contributed by atoms with E-state index in [9.17, 15) is 22.8 Å². The summed E-state index contributed by atoms with van der Waals surface area (Å²) in [6.45, 7) is 10.0. The van der Waals surface area contributed by atoms with Crippen LogP contribution in [0.15, 0.2) is 35.3 Å². The summed E-state index contributed by atoms with van der Waals surface area (Å²) in [6, 6.07) is 2.37. The summed E-state index contributed by atoms with van der Waals surface area (Å²) in [4.78, 5) is 48.6. The molecule has 2 amide bonds. The summed E-state index contributed by atoms with van der Waals surface area (Å²) in [5.74, 6) is -0.555. The summed E-state index contributed by atoms with van der Waals surface area (Å²) in [5.41, 5.74) is -0.945. The topological polar surface area (TPSA) is 175 Å². The average Bonchev–Trinajstić information content (AvgIpc) is 3.66. The van der Waals surface area contributed by atoms with E-state index >= 15 is 0 Å². The Morgan fingerprint density at radius 2 is 1.71 bits per heavy atom. The van der Waals surface area contributed by atoms with Crippen molar-refractivity contribution in [1.29, 1.82) is 0 Å². The first-order chi connectivity index (χ1) is 22.9. The number of carbonyl (C=O) groups is 3. The number of hydrogen-bond acceptors (Lipinski definition) is 11. The molecule has 0 saturated heterocycles. The number of anilines is 1. The predicted molar refractivity (Wildman–Crippen MR) is 189 cm³/mol. The largest absolute Gasteiger partial charge is 0.481 e. The monoisotopic (exact) mass is 719 g/mol. The van der Waals surface area contributed by atoms with Crippen LogP contribution in [-0.2, 0) is 29.1 Å². The number of allylic oxidation sites excluding steroid dienone is 3. The first-order valence-corrected chi connectivity index (χ1v) is 19.0. The quantitative estimate of drug-likeness (QED) is 0.213. The van der Waals surface area contributed by atoms with Crippen LogP contribution in [0.5, 0.6) is 5.88 Å². The second kappa shape index (κ2) is 16.0. The highest BCUT2D eigenvalue weighted by Crippen LogP contribution is 2.37. The predicted octanol–water partition coefficient (Wildman–Crippen LogP) is 5.84. The Labute approximate surface area is 292 Å². The molecular weight excluding hydrogens is 671 g/mol. The normalized spacial score (nSPS) is 18.4. The molecule has 2 aromatic rings. The zero-order valence-electron chi connectivity index (χ0n) is 29.3. The molecule has 0 aliphatic heterocycles. The Morgan fingerprint density at radius 3 is 2.33 bits per heavy atom. The van der Waals surface area contributed by atoms with Crippen LogP contribution in [0.2, 0.25) is 0 Å². The number of methoxy groups -OCH3 is 1. The van der Waals surface area contributed by atoms with Gasteiger partial charge in [-0.1, -0.05) is 49.2 Å². The molecule has 0 radical (unpaired) electrons. The fourth-order valence-corrected chi connectivity index (χ4v) is 7.81. The summed E-state index contributed by atoms with van der Waals surface area (Å²) in [5, 5.41) is 5.94. The molecular formula is C34H49N5O8S2. The van der Waals surface area contributed by atoms with Gasteiger partial charge in [-0.3, -0.25) is 4.79 Å². The van der Waals surface area contributed by atoms with Crippen molar-refractivity contribution in [3.8, 4) is 5.88 Å². The van der Waals surface area contributed by atoms with Crippen LogP contribution in [0.4, 0.5) is 9.93 Å². The molecule has 0 aromatic carbocycles. The lowest BCUT2D eigenvalue weighted by Gasteiger charge is -2.27. The molecule has 49 heavy (non-hydrogen) atoms. The minimum absolute atomic E-state index is 0.0648. The summed E-state index contributed by atoms with van der Waals surface area (Å²) >= 11 is 1.27. The minimum atomic E-state index is -3.96. The summed E-state index contributed by atoms with van der Waals surface area (Å²) < 4.78 is 45.0. The summed E-state index contributed by atoms with van der Waals surface area (Å²) in [7, 11) is -2.42. The van der Waals surface area contributed by atoms with E-state index in [2.05, 4.69) is 25.3 Å². The molecule has 4 rings (SSSR count). The van der Waals surface area contributed by atoms with E-state index in [1.807, 2.05) is 0 Å². The molecule has 2 aromatic heterocycles. The van der Waals surface area contributed by atoms with Crippen molar-refractivity contribution in [3.63, 3.8) is 0 Å². The first kappa shape index (κ1) is 38.2. The van der Waals surface area contributed by atoms with E-state index in [0.29, 0.717) is 40.1 Å². The molecule has 2 aliphatic rings. The smallest absolute Gasteiger partial charge is 0.408 e. The van der Waals surface area contributed by atoms with Crippen LogP contribution in [0.1, 0.15) is 86.5 Å². The Morgan fingerprint density at radius 1 is 1.02 bits per heavy atom. The van der Waals surface area contributed by atoms with Crippen molar-refractivity contribution in [1.82, 2.24) is 20.0 Å². The third-order valence-electron chi connectivity index (χ3n) is 8.10. The molecule has 15 heteroatoms. The lowest BCUT2D eigenvalue weighted by atomic mass is 9.80. The van der Waals surface area contributed by atoms with Gasteiger partial charge >= 0.3 is 12.1 Å². The molecule has 2 aliphatic carbocycles. The molecule has 3 atom stereocenters. The van der Waals surface area contributed by atoms with E-state index in [1.165, 1.54) is 17.4 Å². The molecule has 3 N–H and O–H groups in total. The number of esters is 1. The second-order valence-electron chi connectivity index (χ2n) is 14.5. The highest BCUT2D eigenvalue weighted by atomic mass is 32.2. The van der Waals surface area contributed by atoms with Gasteiger partial charge in [0.2, 0.25) is 21.8 Å². The number of fused-ring (bicyclic) bond motifs is 1. The van der Waals surface area contributed by atoms with Crippen molar-refractivity contribution < 1.29 is 37.0 Å². The van der Waals surface area contributed by atoms with Gasteiger partial charge in [0, 0.05) is 18.5 Å². The summed E-state index contributed by atoms with van der Waals surface area (Å²) in [6.07, 6.45) is 9.54. The van der Waals surface area contributed by atoms with Crippen LogP contribution in [0.3, 0.4) is 0 Å². The van der Waals surface area contributed by atoms with Crippen molar-refractivity contribution in [2.75, 3.05) is 19.0 Å². The molecule has 2 unspecified atom stereocenters. The van der Waals surface area contributed by atoms with Gasteiger partial charge < -0.3 is 24.8 Å². The van der Waals surface area contributed by atoms with Gasteiger partial charge in [-0.25, -0.2) is 32.7 Å². The van der Waals surface area contributed by atoms with Gasteiger partial charge in [0.25, 0.3) is 0 Å². The van der Waals surface area contributed by atoms with E-state index in [-0.39, 0.29) is 35.6 Å². The van der Waals surface area contributed by atoms with E-state index in [0.717, 1.165) is 25.7 Å². The Hall–Kier alpha value is -3.56. The molecule has 0 spiro atoms. The Kier molecular flexibility index (Phi) is 12.5. The molecule has 270 valence electrons. The number of aromatic nitrogens is 2. The van der Waals surface area contributed by atoms with E-state index < -0.39 is 39.3 Å². The van der Waals surface area contributed by atoms with Crippen molar-refractivity contribution >= 4 is 54.8 Å². The molecule has 0 bridgehead atoms. The fraction of sp³-hybridized carbons (Fsp3) is 0.618. The van der Waals surface area contributed by atoms with E-state index in [1.54, 1.807) is 72.9 Å². The highest BCUT2D eigenvalue weighted by molar-refractivity contribution is 7.93. The van der Waals surface area contributed by atoms with Gasteiger partial charge in [0.05, 0.1) is 12.0 Å². The number of pyridine rings is 1. The number of nitrogens with zero attached hydrogens (tertiary/aromatic N) is 2. The van der Waals surface area contributed by atoms with Gasteiger partial charge in [0.1, 0.15) is 27.6 Å². The number of rotatable bonds is 13. The van der Waals surface area contributed by atoms with Crippen LogP contribution in [-0.4, -0.2) is 67.3 Å². The van der Waals surface area contributed by atoms with Gasteiger partial charge in [-0.2, -0.15) is 0 Å². The van der Waals surface area contributed by atoms with Crippen LogP contribution in [0.25, 0.3) is 10.3 Å². The van der Waals surface area contributed by atoms with Crippen LogP contribution < -0.4 is 20.1 Å². The van der Waals surface area contributed by atoms with Crippen molar-refractivity contribution in [2.45, 2.75) is 104 Å². The second-order valence-corrected chi connectivity index (χ2v) is 17.2. The molecule has 13 nitrogen and oxygen atoms in total. The van der Waals surface area contributed by atoms with Gasteiger partial charge in [-0.15, -0.1) is 0 Å². The number of thiazole rings is 1. The van der Waals surface area contributed by atoms with Gasteiger partial charge in [-0.05, 0) is 84.8 Å². The van der Waals surface area contributed by atoms with Crippen molar-refractivity contribution in [2.24, 2.45) is 17.8 Å². The van der Waals surface area contributed by atoms with Crippen LogP contribution in [0, 0.1) is 17.8 Å². The lowest BCUT2D eigenvalue weighted by Crippen LogP contribution is -2.47. The molecule has 2 heterocycles. The Balaban J connectivity index is 1.40. The number of sulfonamides is 1. The van der Waals surface area contributed by atoms with Gasteiger partial charge in [0.15, 0.2) is 5.13 Å². The highest BCUT2D eigenvalue weighted by Gasteiger charge is 2.34. The number of nitrogens with one attached hydrogen (secondary N) is 3. The third kappa shape index (κ3) is 11.5. The van der Waals surface area contributed by atoms with Crippen LogP contribution >= 0.6 is 11.3 Å². The number of hydrogen-bond donors (Lipinski definition) is 3. The maximum Gasteiger partial charge on any atom is 0.408 e. The van der Waals surface area contributed by atoms with E-state index in [4.69, 9.17) is 14.2 Å². The standard InChI is InChI=1S/C34H49N5O8S2/c1-33(2,3)46-30(41)26(37-32(42)47-34(4,5)6)18-19-35-49(43,44)23-14-12-22(13-15-23)24(20-21-10-8-9-11-21)28(40)39-31-36-25-16-17-27(45-7)38-29(25)48-31/h12,14-17,21-22,24,26,35H,8-11,13,18-20H2,1-7H3,(H,37,42)(H,36,39,40)/t22?,24?,26-/m0/s1. The number of alkyl carbamates (subject to hydrolysis) is 1. The zero-order chi connectivity index (χ0) is 36.0. The molecule has 1 saturated carbocycles. The maximum absolute atomic E-state index is 13.7. The lowest BCUT2D eigenvalue weighted by molar-refractivity contribution is -0.157. The third-order valence-corrected chi connectivity index (χ3v) is 10.5.